The summed E-state index contributed by atoms with van der Waals surface area (Å²) >= 11 is 0. The van der Waals surface area contributed by atoms with E-state index in [1.54, 1.807) is 35.2 Å². The maximum atomic E-state index is 13.4. The normalized spacial score (nSPS) is 14.6. The number of pyridine rings is 1. The summed E-state index contributed by atoms with van der Waals surface area (Å²) in [5.74, 6) is -1.66. The summed E-state index contributed by atoms with van der Waals surface area (Å²) < 4.78 is 40.1. The smallest absolute Gasteiger partial charge is 0.367 e. The average molecular weight is 465 g/mol. The third-order valence-corrected chi connectivity index (χ3v) is 5.96. The zero-order valence-corrected chi connectivity index (χ0v) is 18.4. The SMILES string of the molecule is Cc1cc(N2CCN(C(=O)c3[nH]c(C(F)(F)F)nc3-c3ccccc3)CC2)c2ccccc2n1. The van der Waals surface area contributed by atoms with Crippen molar-refractivity contribution in [3.63, 3.8) is 0 Å². The predicted molar refractivity (Wildman–Crippen MR) is 124 cm³/mol. The third-order valence-electron chi connectivity index (χ3n) is 5.96. The highest BCUT2D eigenvalue weighted by atomic mass is 19.4. The second-order valence-corrected chi connectivity index (χ2v) is 8.25. The Kier molecular flexibility index (Phi) is 5.47. The van der Waals surface area contributed by atoms with Gasteiger partial charge < -0.3 is 14.8 Å². The van der Waals surface area contributed by atoms with Gasteiger partial charge in [-0.1, -0.05) is 48.5 Å². The first-order valence-electron chi connectivity index (χ1n) is 10.9. The number of H-pyrrole nitrogens is 1. The van der Waals surface area contributed by atoms with Crippen molar-refractivity contribution < 1.29 is 18.0 Å². The molecule has 1 aliphatic rings. The van der Waals surface area contributed by atoms with Crippen molar-refractivity contribution in [1.29, 1.82) is 0 Å². The average Bonchev–Trinajstić information content (AvgIpc) is 3.30. The van der Waals surface area contributed by atoms with Crippen LogP contribution in [0.5, 0.6) is 0 Å². The van der Waals surface area contributed by atoms with Crippen LogP contribution in [-0.2, 0) is 6.18 Å². The molecule has 2 aromatic heterocycles. The number of hydrogen-bond donors (Lipinski definition) is 1. The Bertz CT molecular complexity index is 1340. The molecule has 2 aromatic carbocycles. The molecule has 0 spiro atoms. The molecular weight excluding hydrogens is 443 g/mol. The second-order valence-electron chi connectivity index (χ2n) is 8.25. The minimum Gasteiger partial charge on any atom is -0.367 e. The minimum absolute atomic E-state index is 0.0103. The summed E-state index contributed by atoms with van der Waals surface area (Å²) in [7, 11) is 0. The number of carbonyl (C=O) groups is 1. The first-order valence-corrected chi connectivity index (χ1v) is 10.9. The second kappa shape index (κ2) is 8.48. The number of benzene rings is 2. The van der Waals surface area contributed by atoms with Crippen LogP contribution >= 0.6 is 0 Å². The fourth-order valence-corrected chi connectivity index (χ4v) is 4.32. The van der Waals surface area contributed by atoms with Crippen LogP contribution in [0.25, 0.3) is 22.2 Å². The molecule has 5 rings (SSSR count). The van der Waals surface area contributed by atoms with Gasteiger partial charge in [-0.05, 0) is 19.1 Å². The lowest BCUT2D eigenvalue weighted by Crippen LogP contribution is -2.49. The van der Waals surface area contributed by atoms with Crippen molar-refractivity contribution in [2.75, 3.05) is 31.1 Å². The van der Waals surface area contributed by atoms with Crippen LogP contribution in [-0.4, -0.2) is 51.9 Å². The molecule has 0 aliphatic carbocycles. The Balaban J connectivity index is 1.41. The number of aromatic amines is 1. The first-order chi connectivity index (χ1) is 16.3. The monoisotopic (exact) mass is 465 g/mol. The highest BCUT2D eigenvalue weighted by Crippen LogP contribution is 2.32. The molecule has 3 heterocycles. The molecule has 0 atom stereocenters. The van der Waals surface area contributed by atoms with E-state index in [-0.39, 0.29) is 11.4 Å². The molecule has 0 unspecified atom stereocenters. The van der Waals surface area contributed by atoms with Crippen molar-refractivity contribution in [1.82, 2.24) is 19.9 Å². The molecule has 4 aromatic rings. The minimum atomic E-state index is -4.68. The van der Waals surface area contributed by atoms with E-state index in [0.29, 0.717) is 31.7 Å². The number of aryl methyl sites for hydroxylation is 1. The van der Waals surface area contributed by atoms with Gasteiger partial charge in [0.25, 0.3) is 5.91 Å². The predicted octanol–water partition coefficient (Wildman–Crippen LogP) is 4.91. The Morgan fingerprint density at radius 3 is 2.32 bits per heavy atom. The number of carbonyl (C=O) groups excluding carboxylic acids is 1. The lowest BCUT2D eigenvalue weighted by molar-refractivity contribution is -0.144. The highest BCUT2D eigenvalue weighted by Gasteiger charge is 2.38. The Morgan fingerprint density at radius 1 is 0.941 bits per heavy atom. The van der Waals surface area contributed by atoms with Crippen LogP contribution in [0.4, 0.5) is 18.9 Å². The van der Waals surface area contributed by atoms with E-state index in [1.807, 2.05) is 37.3 Å². The zero-order valence-electron chi connectivity index (χ0n) is 18.4. The molecule has 0 radical (unpaired) electrons. The first kappa shape index (κ1) is 21.9. The molecule has 1 saturated heterocycles. The Hall–Kier alpha value is -3.88. The lowest BCUT2D eigenvalue weighted by atomic mass is 10.1. The van der Waals surface area contributed by atoms with E-state index in [2.05, 4.69) is 19.9 Å². The van der Waals surface area contributed by atoms with Gasteiger partial charge in [-0.2, -0.15) is 13.2 Å². The number of piperazine rings is 1. The van der Waals surface area contributed by atoms with Gasteiger partial charge in [0.2, 0.25) is 5.82 Å². The van der Waals surface area contributed by atoms with Crippen LogP contribution in [0.3, 0.4) is 0 Å². The van der Waals surface area contributed by atoms with Gasteiger partial charge >= 0.3 is 6.18 Å². The van der Waals surface area contributed by atoms with Gasteiger partial charge in [0.1, 0.15) is 11.4 Å². The van der Waals surface area contributed by atoms with Gasteiger partial charge in [-0.25, -0.2) is 4.98 Å². The van der Waals surface area contributed by atoms with Gasteiger partial charge in [0.15, 0.2) is 0 Å². The van der Waals surface area contributed by atoms with Gasteiger partial charge in [-0.3, -0.25) is 9.78 Å². The largest absolute Gasteiger partial charge is 0.449 e. The number of imidazole rings is 1. The van der Waals surface area contributed by atoms with Crippen molar-refractivity contribution in [3.8, 4) is 11.3 Å². The number of halogens is 3. The standard InChI is InChI=1S/C25H22F3N5O/c1-16-15-20(18-9-5-6-10-19(18)29-16)32-11-13-33(14-12-32)23(34)22-21(17-7-3-2-4-8-17)30-24(31-22)25(26,27)28/h2-10,15H,11-14H2,1H3,(H,30,31). The molecule has 0 bridgehead atoms. The maximum absolute atomic E-state index is 13.4. The number of alkyl halides is 3. The van der Waals surface area contributed by atoms with Crippen LogP contribution in [0.15, 0.2) is 60.7 Å². The molecular formula is C25H22F3N5O. The zero-order chi connectivity index (χ0) is 23.9. The molecule has 0 saturated carbocycles. The quantitative estimate of drug-likeness (QED) is 0.467. The lowest BCUT2D eigenvalue weighted by Gasteiger charge is -2.36. The van der Waals surface area contributed by atoms with Gasteiger partial charge in [0.05, 0.1) is 5.52 Å². The van der Waals surface area contributed by atoms with Crippen LogP contribution < -0.4 is 4.90 Å². The number of fused-ring (bicyclic) bond motifs is 1. The van der Waals surface area contributed by atoms with Crippen LogP contribution in [0, 0.1) is 6.92 Å². The summed E-state index contributed by atoms with van der Waals surface area (Å²) in [5.41, 5.74) is 3.17. The molecule has 9 heteroatoms. The number of para-hydroxylation sites is 1. The maximum Gasteiger partial charge on any atom is 0.449 e. The van der Waals surface area contributed by atoms with E-state index in [4.69, 9.17) is 0 Å². The number of hydrogen-bond acceptors (Lipinski definition) is 4. The van der Waals surface area contributed by atoms with E-state index in [0.717, 1.165) is 22.3 Å². The van der Waals surface area contributed by atoms with Crippen molar-refractivity contribution in [3.05, 3.63) is 77.9 Å². The van der Waals surface area contributed by atoms with Crippen molar-refractivity contribution >= 4 is 22.5 Å². The number of nitrogens with zero attached hydrogens (tertiary/aromatic N) is 4. The molecule has 1 aliphatic heterocycles. The molecule has 1 amide bonds. The highest BCUT2D eigenvalue weighted by molar-refractivity contribution is 5.98. The van der Waals surface area contributed by atoms with Crippen LogP contribution in [0.2, 0.25) is 0 Å². The molecule has 1 fully saturated rings. The third kappa shape index (κ3) is 4.09. The van der Waals surface area contributed by atoms with Gasteiger partial charge in [0, 0.05) is 48.5 Å². The summed E-state index contributed by atoms with van der Waals surface area (Å²) in [5, 5.41) is 1.03. The van der Waals surface area contributed by atoms with Crippen molar-refractivity contribution in [2.24, 2.45) is 0 Å². The summed E-state index contributed by atoms with van der Waals surface area (Å²) in [6.45, 7) is 3.81. The fourth-order valence-electron chi connectivity index (χ4n) is 4.32. The number of anilines is 1. The van der Waals surface area contributed by atoms with Crippen molar-refractivity contribution in [2.45, 2.75) is 13.1 Å². The Morgan fingerprint density at radius 2 is 1.62 bits per heavy atom. The number of rotatable bonds is 3. The summed E-state index contributed by atoms with van der Waals surface area (Å²) in [6, 6.07) is 18.4. The molecule has 1 N–H and O–H groups in total. The van der Waals surface area contributed by atoms with Gasteiger partial charge in [-0.15, -0.1) is 0 Å². The molecule has 34 heavy (non-hydrogen) atoms. The summed E-state index contributed by atoms with van der Waals surface area (Å²) in [4.78, 5) is 27.6. The number of nitrogens with one attached hydrogen (secondary N) is 1. The van der Waals surface area contributed by atoms with E-state index >= 15 is 0 Å². The topological polar surface area (TPSA) is 65.1 Å². The molecule has 174 valence electrons. The van der Waals surface area contributed by atoms with E-state index in [9.17, 15) is 18.0 Å². The van der Waals surface area contributed by atoms with E-state index in [1.165, 1.54) is 0 Å². The fraction of sp³-hybridized carbons (Fsp3) is 0.240. The van der Waals surface area contributed by atoms with Crippen LogP contribution in [0.1, 0.15) is 22.0 Å². The number of aromatic nitrogens is 3. The molecule has 6 nitrogen and oxygen atoms in total. The number of amides is 1. The Labute approximate surface area is 194 Å². The summed E-state index contributed by atoms with van der Waals surface area (Å²) in [6.07, 6.45) is -4.68. The van der Waals surface area contributed by atoms with E-state index < -0.39 is 17.9 Å².